The summed E-state index contributed by atoms with van der Waals surface area (Å²) in [4.78, 5) is 14.1. The van der Waals surface area contributed by atoms with Gasteiger partial charge in [-0.05, 0) is 11.4 Å². The van der Waals surface area contributed by atoms with Crippen LogP contribution in [0.5, 0.6) is 5.75 Å². The van der Waals surface area contributed by atoms with Gasteiger partial charge in [-0.25, -0.2) is 0 Å². The predicted molar refractivity (Wildman–Crippen MR) is 95.7 cm³/mol. The Labute approximate surface area is 153 Å². The zero-order valence-electron chi connectivity index (χ0n) is 13.3. The molecule has 0 saturated heterocycles. The molecule has 6 nitrogen and oxygen atoms in total. The Hall–Kier alpha value is -2.38. The van der Waals surface area contributed by atoms with Gasteiger partial charge in [0.05, 0.1) is 6.54 Å². The summed E-state index contributed by atoms with van der Waals surface area (Å²) < 4.78 is 8.12. The van der Waals surface area contributed by atoms with Crippen LogP contribution < -0.4 is 4.74 Å². The molecule has 3 aromatic rings. The van der Waals surface area contributed by atoms with Gasteiger partial charge in [0, 0.05) is 18.7 Å². The number of rotatable bonds is 4. The van der Waals surface area contributed by atoms with Gasteiger partial charge >= 0.3 is 0 Å². The number of halogens is 1. The molecule has 0 saturated carbocycles. The van der Waals surface area contributed by atoms with Crippen LogP contribution in [0, 0.1) is 0 Å². The topological polar surface area (TPSA) is 60.2 Å². The summed E-state index contributed by atoms with van der Waals surface area (Å²) >= 11 is 7.36. The Morgan fingerprint density at radius 1 is 1.20 bits per heavy atom. The quantitative estimate of drug-likeness (QED) is 0.704. The number of aromatic nitrogens is 3. The number of ether oxygens (including phenoxy) is 1. The van der Waals surface area contributed by atoms with Gasteiger partial charge in [-0.3, -0.25) is 4.79 Å². The van der Waals surface area contributed by atoms with Crippen LogP contribution >= 0.6 is 22.9 Å². The van der Waals surface area contributed by atoms with Crippen LogP contribution in [0.15, 0.2) is 41.8 Å². The van der Waals surface area contributed by atoms with E-state index >= 15 is 0 Å². The molecule has 1 amide bonds. The smallest absolute Gasteiger partial charge is 0.260 e. The van der Waals surface area contributed by atoms with Crippen molar-refractivity contribution in [1.29, 1.82) is 0 Å². The standard InChI is InChI=1S/C17H15ClN4O2S/c18-16-13(6-9-25-16)24-11-15(23)21-7-8-22-14(10-21)19-20-17(22)12-4-2-1-3-5-12/h1-6,9H,7-8,10-11H2. The van der Waals surface area contributed by atoms with Crippen molar-refractivity contribution in [2.45, 2.75) is 13.1 Å². The summed E-state index contributed by atoms with van der Waals surface area (Å²) in [5.41, 5.74) is 1.02. The molecule has 0 radical (unpaired) electrons. The van der Waals surface area contributed by atoms with Crippen LogP contribution in [0.2, 0.25) is 4.34 Å². The van der Waals surface area contributed by atoms with Gasteiger partial charge in [-0.1, -0.05) is 41.9 Å². The highest BCUT2D eigenvalue weighted by Crippen LogP contribution is 2.30. The molecular weight excluding hydrogens is 360 g/mol. The fraction of sp³-hybridized carbons (Fsp3) is 0.235. The molecule has 0 unspecified atom stereocenters. The number of hydrogen-bond donors (Lipinski definition) is 0. The first-order valence-corrected chi connectivity index (χ1v) is 9.09. The molecule has 8 heteroatoms. The third-order valence-electron chi connectivity index (χ3n) is 4.07. The number of fused-ring (bicyclic) bond motifs is 1. The van der Waals surface area contributed by atoms with Gasteiger partial charge in [-0.2, -0.15) is 0 Å². The Morgan fingerprint density at radius 2 is 2.04 bits per heavy atom. The van der Waals surface area contributed by atoms with E-state index in [1.165, 1.54) is 11.3 Å². The molecule has 1 aliphatic heterocycles. The first-order chi connectivity index (χ1) is 12.2. The Kier molecular flexibility index (Phi) is 4.42. The van der Waals surface area contributed by atoms with E-state index in [1.54, 1.807) is 11.0 Å². The average molecular weight is 375 g/mol. The maximum Gasteiger partial charge on any atom is 0.260 e. The highest BCUT2D eigenvalue weighted by Gasteiger charge is 2.25. The molecule has 1 aromatic carbocycles. The lowest BCUT2D eigenvalue weighted by Crippen LogP contribution is -2.41. The molecular formula is C17H15ClN4O2S. The fourth-order valence-electron chi connectivity index (χ4n) is 2.79. The highest BCUT2D eigenvalue weighted by atomic mass is 35.5. The molecule has 128 valence electrons. The number of amides is 1. The summed E-state index contributed by atoms with van der Waals surface area (Å²) in [6.45, 7) is 1.66. The zero-order valence-corrected chi connectivity index (χ0v) is 14.8. The van der Waals surface area contributed by atoms with Gasteiger partial charge in [0.1, 0.15) is 10.1 Å². The molecule has 0 atom stereocenters. The molecule has 1 aliphatic rings. The van der Waals surface area contributed by atoms with Gasteiger partial charge in [0.2, 0.25) is 0 Å². The minimum atomic E-state index is -0.0854. The van der Waals surface area contributed by atoms with Crippen molar-refractivity contribution in [3.8, 4) is 17.1 Å². The maximum atomic E-state index is 12.4. The van der Waals surface area contributed by atoms with Gasteiger partial charge < -0.3 is 14.2 Å². The molecule has 3 heterocycles. The van der Waals surface area contributed by atoms with Gasteiger partial charge in [0.15, 0.2) is 18.3 Å². The van der Waals surface area contributed by atoms with Crippen LogP contribution in [0.25, 0.3) is 11.4 Å². The van der Waals surface area contributed by atoms with Crippen molar-refractivity contribution in [2.75, 3.05) is 13.2 Å². The number of benzene rings is 1. The lowest BCUT2D eigenvalue weighted by atomic mass is 10.2. The zero-order chi connectivity index (χ0) is 17.2. The van der Waals surface area contributed by atoms with Crippen LogP contribution in [0.3, 0.4) is 0 Å². The molecule has 25 heavy (non-hydrogen) atoms. The SMILES string of the molecule is O=C(COc1ccsc1Cl)N1CCn2c(nnc2-c2ccccc2)C1. The minimum Gasteiger partial charge on any atom is -0.481 e. The van der Waals surface area contributed by atoms with E-state index in [-0.39, 0.29) is 12.5 Å². The normalized spacial score (nSPS) is 13.6. The van der Waals surface area contributed by atoms with E-state index in [4.69, 9.17) is 16.3 Å². The molecule has 2 aromatic heterocycles. The van der Waals surface area contributed by atoms with Crippen molar-refractivity contribution in [2.24, 2.45) is 0 Å². The van der Waals surface area contributed by atoms with Crippen molar-refractivity contribution in [1.82, 2.24) is 19.7 Å². The van der Waals surface area contributed by atoms with Crippen LogP contribution in [-0.2, 0) is 17.9 Å². The number of carbonyl (C=O) groups is 1. The first kappa shape index (κ1) is 16.1. The molecule has 0 bridgehead atoms. The Morgan fingerprint density at radius 3 is 2.80 bits per heavy atom. The molecule has 0 spiro atoms. The molecule has 0 aliphatic carbocycles. The summed E-state index contributed by atoms with van der Waals surface area (Å²) in [5.74, 6) is 2.08. The molecule has 0 N–H and O–H groups in total. The van der Waals surface area contributed by atoms with Crippen LogP contribution in [0.4, 0.5) is 0 Å². The third kappa shape index (κ3) is 3.25. The van der Waals surface area contributed by atoms with Gasteiger partial charge in [0.25, 0.3) is 5.91 Å². The lowest BCUT2D eigenvalue weighted by molar-refractivity contribution is -0.134. The second kappa shape index (κ2) is 6.85. The number of thiophene rings is 1. The van der Waals surface area contributed by atoms with E-state index < -0.39 is 0 Å². The predicted octanol–water partition coefficient (Wildman–Crippen LogP) is 3.08. The van der Waals surface area contributed by atoms with Gasteiger partial charge in [-0.15, -0.1) is 21.5 Å². The Bertz CT molecular complexity index is 893. The van der Waals surface area contributed by atoms with E-state index in [0.717, 1.165) is 17.2 Å². The first-order valence-electron chi connectivity index (χ1n) is 7.83. The summed E-state index contributed by atoms with van der Waals surface area (Å²) in [6, 6.07) is 11.7. The summed E-state index contributed by atoms with van der Waals surface area (Å²) in [5, 5.41) is 10.4. The summed E-state index contributed by atoms with van der Waals surface area (Å²) in [7, 11) is 0. The Balaban J connectivity index is 1.44. The highest BCUT2D eigenvalue weighted by molar-refractivity contribution is 7.14. The van der Waals surface area contributed by atoms with Crippen molar-refractivity contribution >= 4 is 28.8 Å². The average Bonchev–Trinajstić information content (AvgIpc) is 3.25. The van der Waals surface area contributed by atoms with E-state index in [1.807, 2.05) is 35.7 Å². The number of hydrogen-bond acceptors (Lipinski definition) is 5. The fourth-order valence-corrected chi connectivity index (χ4v) is 3.61. The van der Waals surface area contributed by atoms with Crippen molar-refractivity contribution in [3.63, 3.8) is 0 Å². The second-order valence-corrected chi connectivity index (χ2v) is 7.14. The second-order valence-electron chi connectivity index (χ2n) is 5.62. The molecule has 0 fully saturated rings. The maximum absolute atomic E-state index is 12.4. The monoisotopic (exact) mass is 374 g/mol. The molecule has 4 rings (SSSR count). The van der Waals surface area contributed by atoms with E-state index in [0.29, 0.717) is 29.7 Å². The van der Waals surface area contributed by atoms with Crippen molar-refractivity contribution in [3.05, 3.63) is 51.9 Å². The van der Waals surface area contributed by atoms with Crippen LogP contribution in [-0.4, -0.2) is 38.7 Å². The summed E-state index contributed by atoms with van der Waals surface area (Å²) in [6.07, 6.45) is 0. The third-order valence-corrected chi connectivity index (χ3v) is 5.21. The van der Waals surface area contributed by atoms with Crippen molar-refractivity contribution < 1.29 is 9.53 Å². The minimum absolute atomic E-state index is 0.0316. The lowest BCUT2D eigenvalue weighted by Gasteiger charge is -2.27. The van der Waals surface area contributed by atoms with E-state index in [9.17, 15) is 4.79 Å². The largest absolute Gasteiger partial charge is 0.481 e. The van der Waals surface area contributed by atoms with Crippen LogP contribution in [0.1, 0.15) is 5.82 Å². The van der Waals surface area contributed by atoms with E-state index in [2.05, 4.69) is 14.8 Å². The number of nitrogens with zero attached hydrogens (tertiary/aromatic N) is 4. The number of carbonyl (C=O) groups excluding carboxylic acids is 1.